The fourth-order valence-corrected chi connectivity index (χ4v) is 1.97. The Bertz CT molecular complexity index is 531. The van der Waals surface area contributed by atoms with Gasteiger partial charge in [-0.1, -0.05) is 12.1 Å². The Balaban J connectivity index is 2.33. The lowest BCUT2D eigenvalue weighted by Crippen LogP contribution is -2.26. The number of fused-ring (bicyclic) bond motifs is 1. The van der Waals surface area contributed by atoms with E-state index in [2.05, 4.69) is 5.32 Å². The van der Waals surface area contributed by atoms with Crippen LogP contribution in [0.4, 0.5) is 0 Å². The van der Waals surface area contributed by atoms with Gasteiger partial charge in [-0.25, -0.2) is 0 Å². The second kappa shape index (κ2) is 5.01. The van der Waals surface area contributed by atoms with Crippen LogP contribution >= 0.6 is 0 Å². The van der Waals surface area contributed by atoms with Gasteiger partial charge in [0.05, 0.1) is 6.61 Å². The Morgan fingerprint density at radius 1 is 1.41 bits per heavy atom. The Kier molecular flexibility index (Phi) is 3.44. The molecule has 4 nitrogen and oxygen atoms in total. The normalized spacial score (nSPS) is 10.7. The third-order valence-electron chi connectivity index (χ3n) is 2.76. The third kappa shape index (κ3) is 2.31. The summed E-state index contributed by atoms with van der Waals surface area (Å²) in [6.45, 7) is 2.87. The molecule has 2 rings (SSSR count). The summed E-state index contributed by atoms with van der Waals surface area (Å²) in [7, 11) is 0. The largest absolute Gasteiger partial charge is 0.392 e. The van der Waals surface area contributed by atoms with E-state index in [0.717, 1.165) is 16.5 Å². The van der Waals surface area contributed by atoms with Gasteiger partial charge in [0.15, 0.2) is 0 Å². The van der Waals surface area contributed by atoms with Gasteiger partial charge in [0.25, 0.3) is 0 Å². The summed E-state index contributed by atoms with van der Waals surface area (Å²) < 4.78 is 1.89. The van der Waals surface area contributed by atoms with Crippen molar-refractivity contribution in [3.05, 3.63) is 36.0 Å². The molecule has 90 valence electrons. The second-order valence-electron chi connectivity index (χ2n) is 3.91. The lowest BCUT2D eigenvalue weighted by atomic mass is 10.1. The molecule has 0 saturated carbocycles. The monoisotopic (exact) mass is 232 g/mol. The molecule has 1 aromatic carbocycles. The standard InChI is InChI=1S/C13H16N2O2/c1-2-14-13(17)8-15-7-6-11-10(9-16)4-3-5-12(11)15/h3-7,16H,2,8-9H2,1H3,(H,14,17). The highest BCUT2D eigenvalue weighted by Crippen LogP contribution is 2.20. The van der Waals surface area contributed by atoms with E-state index in [9.17, 15) is 9.90 Å². The number of aliphatic hydroxyl groups excluding tert-OH is 1. The highest BCUT2D eigenvalue weighted by atomic mass is 16.3. The first-order valence-electron chi connectivity index (χ1n) is 5.70. The number of nitrogens with one attached hydrogen (secondary N) is 1. The number of carbonyl (C=O) groups is 1. The number of amides is 1. The molecule has 2 aromatic rings. The van der Waals surface area contributed by atoms with Crippen LogP contribution in [0, 0.1) is 0 Å². The summed E-state index contributed by atoms with van der Waals surface area (Å²) >= 11 is 0. The van der Waals surface area contributed by atoms with Crippen LogP contribution in [0.25, 0.3) is 10.9 Å². The van der Waals surface area contributed by atoms with Gasteiger partial charge in [-0.15, -0.1) is 0 Å². The quantitative estimate of drug-likeness (QED) is 0.834. The predicted octanol–water partition coefficient (Wildman–Crippen LogP) is 1.27. The molecular weight excluding hydrogens is 216 g/mol. The SMILES string of the molecule is CCNC(=O)Cn1ccc2c(CO)cccc21. The van der Waals surface area contributed by atoms with Gasteiger partial charge in [-0.2, -0.15) is 0 Å². The van der Waals surface area contributed by atoms with Crippen molar-refractivity contribution in [1.29, 1.82) is 0 Å². The topological polar surface area (TPSA) is 54.3 Å². The molecule has 1 heterocycles. The minimum atomic E-state index is -0.000554. The Morgan fingerprint density at radius 3 is 2.94 bits per heavy atom. The van der Waals surface area contributed by atoms with Gasteiger partial charge in [0.1, 0.15) is 6.54 Å². The van der Waals surface area contributed by atoms with Gasteiger partial charge >= 0.3 is 0 Å². The van der Waals surface area contributed by atoms with Crippen LogP contribution in [-0.2, 0) is 17.9 Å². The number of carbonyl (C=O) groups excluding carboxylic acids is 1. The summed E-state index contributed by atoms with van der Waals surface area (Å²) in [6, 6.07) is 7.66. The third-order valence-corrected chi connectivity index (χ3v) is 2.76. The van der Waals surface area contributed by atoms with Crippen molar-refractivity contribution in [3.8, 4) is 0 Å². The van der Waals surface area contributed by atoms with Crippen LogP contribution in [0.2, 0.25) is 0 Å². The number of hydrogen-bond acceptors (Lipinski definition) is 2. The molecule has 0 aliphatic rings. The van der Waals surface area contributed by atoms with Crippen molar-refractivity contribution in [1.82, 2.24) is 9.88 Å². The second-order valence-corrected chi connectivity index (χ2v) is 3.91. The van der Waals surface area contributed by atoms with Crippen molar-refractivity contribution < 1.29 is 9.90 Å². The highest BCUT2D eigenvalue weighted by Gasteiger charge is 2.07. The maximum absolute atomic E-state index is 11.5. The number of likely N-dealkylation sites (N-methyl/N-ethyl adjacent to an activating group) is 1. The van der Waals surface area contributed by atoms with E-state index < -0.39 is 0 Å². The zero-order chi connectivity index (χ0) is 12.3. The molecule has 0 aliphatic heterocycles. The summed E-state index contributed by atoms with van der Waals surface area (Å²) in [5.74, 6) is -0.000554. The molecule has 0 atom stereocenters. The number of aromatic nitrogens is 1. The average Bonchev–Trinajstić information content (AvgIpc) is 2.73. The van der Waals surface area contributed by atoms with Crippen molar-refractivity contribution >= 4 is 16.8 Å². The summed E-state index contributed by atoms with van der Waals surface area (Å²) in [4.78, 5) is 11.5. The highest BCUT2D eigenvalue weighted by molar-refractivity contribution is 5.85. The molecule has 2 N–H and O–H groups in total. The number of nitrogens with zero attached hydrogens (tertiary/aromatic N) is 1. The molecule has 1 aromatic heterocycles. The van der Waals surface area contributed by atoms with E-state index in [-0.39, 0.29) is 12.5 Å². The van der Waals surface area contributed by atoms with Crippen LogP contribution in [0.15, 0.2) is 30.5 Å². The Morgan fingerprint density at radius 2 is 2.24 bits per heavy atom. The van der Waals surface area contributed by atoms with Crippen LogP contribution < -0.4 is 5.32 Å². The molecule has 0 unspecified atom stereocenters. The first kappa shape index (κ1) is 11.7. The average molecular weight is 232 g/mol. The minimum Gasteiger partial charge on any atom is -0.392 e. The zero-order valence-electron chi connectivity index (χ0n) is 9.81. The van der Waals surface area contributed by atoms with E-state index in [1.807, 2.05) is 42.0 Å². The molecule has 1 amide bonds. The van der Waals surface area contributed by atoms with Gasteiger partial charge in [0, 0.05) is 23.6 Å². The van der Waals surface area contributed by atoms with E-state index in [0.29, 0.717) is 13.1 Å². The molecule has 17 heavy (non-hydrogen) atoms. The molecule has 0 bridgehead atoms. The van der Waals surface area contributed by atoms with Crippen molar-refractivity contribution in [2.45, 2.75) is 20.1 Å². The fraction of sp³-hybridized carbons (Fsp3) is 0.308. The van der Waals surface area contributed by atoms with Crippen molar-refractivity contribution in [2.24, 2.45) is 0 Å². The maximum Gasteiger partial charge on any atom is 0.239 e. The first-order chi connectivity index (χ1) is 8.26. The smallest absolute Gasteiger partial charge is 0.239 e. The fourth-order valence-electron chi connectivity index (χ4n) is 1.97. The maximum atomic E-state index is 11.5. The molecule has 0 aliphatic carbocycles. The lowest BCUT2D eigenvalue weighted by Gasteiger charge is -2.06. The molecule has 0 radical (unpaired) electrons. The number of benzene rings is 1. The van der Waals surface area contributed by atoms with Crippen molar-refractivity contribution in [3.63, 3.8) is 0 Å². The molecule has 0 fully saturated rings. The van der Waals surface area contributed by atoms with Crippen LogP contribution in [0.1, 0.15) is 12.5 Å². The van der Waals surface area contributed by atoms with E-state index >= 15 is 0 Å². The number of aliphatic hydroxyl groups is 1. The molecular formula is C13H16N2O2. The summed E-state index contributed by atoms with van der Waals surface area (Å²) in [5, 5.41) is 13.0. The van der Waals surface area contributed by atoms with Gasteiger partial charge < -0.3 is 15.0 Å². The van der Waals surface area contributed by atoms with Gasteiger partial charge in [0.2, 0.25) is 5.91 Å². The van der Waals surface area contributed by atoms with Crippen LogP contribution in [0.3, 0.4) is 0 Å². The molecule has 0 saturated heterocycles. The Labute approximate surface area is 99.9 Å². The number of rotatable bonds is 4. The van der Waals surface area contributed by atoms with Crippen LogP contribution in [0.5, 0.6) is 0 Å². The lowest BCUT2D eigenvalue weighted by molar-refractivity contribution is -0.121. The van der Waals surface area contributed by atoms with Gasteiger partial charge in [-0.3, -0.25) is 4.79 Å². The van der Waals surface area contributed by atoms with E-state index in [4.69, 9.17) is 0 Å². The van der Waals surface area contributed by atoms with Crippen LogP contribution in [-0.4, -0.2) is 22.1 Å². The summed E-state index contributed by atoms with van der Waals surface area (Å²) in [5.41, 5.74) is 1.86. The van der Waals surface area contributed by atoms with Crippen molar-refractivity contribution in [2.75, 3.05) is 6.54 Å². The summed E-state index contributed by atoms with van der Waals surface area (Å²) in [6.07, 6.45) is 1.87. The Hall–Kier alpha value is -1.81. The van der Waals surface area contributed by atoms with E-state index in [1.165, 1.54) is 0 Å². The predicted molar refractivity (Wildman–Crippen MR) is 66.5 cm³/mol. The van der Waals surface area contributed by atoms with Gasteiger partial charge in [-0.05, 0) is 24.6 Å². The number of hydrogen-bond donors (Lipinski definition) is 2. The first-order valence-corrected chi connectivity index (χ1v) is 5.70. The molecule has 0 spiro atoms. The zero-order valence-corrected chi connectivity index (χ0v) is 9.81. The van der Waals surface area contributed by atoms with E-state index in [1.54, 1.807) is 0 Å². The molecule has 4 heteroatoms. The minimum absolute atomic E-state index is 0.000554.